The van der Waals surface area contributed by atoms with Gasteiger partial charge in [-0.3, -0.25) is 4.55 Å². The van der Waals surface area contributed by atoms with Crippen molar-refractivity contribution in [3.05, 3.63) is 29.3 Å². The van der Waals surface area contributed by atoms with Gasteiger partial charge in [0, 0.05) is 0 Å². The highest BCUT2D eigenvalue weighted by atomic mass is 32.2. The minimum atomic E-state index is -4.70. The lowest BCUT2D eigenvalue weighted by molar-refractivity contribution is -0.137. The van der Waals surface area contributed by atoms with Crippen LogP contribution in [0.5, 0.6) is 0 Å². The Balaban J connectivity index is 3.48. The van der Waals surface area contributed by atoms with Gasteiger partial charge >= 0.3 is 6.18 Å². The third kappa shape index (κ3) is 2.50. The van der Waals surface area contributed by atoms with Gasteiger partial charge in [0.2, 0.25) is 0 Å². The van der Waals surface area contributed by atoms with E-state index in [1.807, 2.05) is 0 Å². The third-order valence-corrected chi connectivity index (χ3v) is 2.62. The summed E-state index contributed by atoms with van der Waals surface area (Å²) in [5, 5.41) is 8.48. The largest absolute Gasteiger partial charge is 0.416 e. The number of nitriles is 1. The number of hydrogen-bond donors (Lipinski definition) is 1. The Morgan fingerprint density at radius 3 is 2.25 bits per heavy atom. The van der Waals surface area contributed by atoms with Crippen LogP contribution in [0.2, 0.25) is 0 Å². The summed E-state index contributed by atoms with van der Waals surface area (Å²) in [5.74, 6) is 0. The fourth-order valence-corrected chi connectivity index (χ4v) is 1.64. The summed E-state index contributed by atoms with van der Waals surface area (Å²) in [6.07, 6.45) is -4.68. The Kier molecular flexibility index (Phi) is 2.94. The lowest BCUT2D eigenvalue weighted by Crippen LogP contribution is -2.08. The van der Waals surface area contributed by atoms with Gasteiger partial charge in [0.1, 0.15) is 11.0 Å². The number of benzene rings is 1. The molecule has 1 N–H and O–H groups in total. The van der Waals surface area contributed by atoms with Crippen LogP contribution in [0, 0.1) is 11.3 Å². The van der Waals surface area contributed by atoms with E-state index in [1.54, 1.807) is 0 Å². The first-order valence-corrected chi connectivity index (χ1v) is 5.19. The van der Waals surface area contributed by atoms with E-state index in [1.165, 1.54) is 6.07 Å². The van der Waals surface area contributed by atoms with E-state index in [0.29, 0.717) is 18.2 Å². The van der Waals surface area contributed by atoms with Crippen LogP contribution in [0.15, 0.2) is 23.1 Å². The van der Waals surface area contributed by atoms with E-state index in [2.05, 4.69) is 0 Å². The van der Waals surface area contributed by atoms with E-state index >= 15 is 0 Å². The standard InChI is InChI=1S/C8H4F3NO3S/c9-8(10,11)6-1-2-7(16(13,14)15)5(3-6)4-12/h1-3H,(H,13,14,15). The van der Waals surface area contributed by atoms with Gasteiger partial charge in [0.25, 0.3) is 10.1 Å². The summed E-state index contributed by atoms with van der Waals surface area (Å²) in [4.78, 5) is -0.844. The molecule has 0 atom stereocenters. The normalized spacial score (nSPS) is 12.2. The van der Waals surface area contributed by atoms with Gasteiger partial charge in [-0.05, 0) is 18.2 Å². The van der Waals surface area contributed by atoms with Gasteiger partial charge in [0.05, 0.1) is 11.1 Å². The second-order valence-electron chi connectivity index (χ2n) is 2.80. The molecule has 0 heterocycles. The summed E-state index contributed by atoms with van der Waals surface area (Å²) in [6.45, 7) is 0. The molecule has 0 saturated heterocycles. The van der Waals surface area contributed by atoms with E-state index in [4.69, 9.17) is 9.81 Å². The summed E-state index contributed by atoms with van der Waals surface area (Å²) in [7, 11) is -4.70. The van der Waals surface area contributed by atoms with Crippen LogP contribution >= 0.6 is 0 Å². The first kappa shape index (κ1) is 12.5. The maximum atomic E-state index is 12.2. The minimum Gasteiger partial charge on any atom is -0.282 e. The highest BCUT2D eigenvalue weighted by Crippen LogP contribution is 2.31. The zero-order valence-electron chi connectivity index (χ0n) is 7.49. The third-order valence-electron chi connectivity index (χ3n) is 1.71. The fraction of sp³-hybridized carbons (Fsp3) is 0.125. The molecule has 0 unspecified atom stereocenters. The topological polar surface area (TPSA) is 78.2 Å². The predicted octanol–water partition coefficient (Wildman–Crippen LogP) is 1.82. The molecule has 0 bridgehead atoms. The Morgan fingerprint density at radius 2 is 1.88 bits per heavy atom. The van der Waals surface area contributed by atoms with Gasteiger partial charge in [-0.15, -0.1) is 0 Å². The van der Waals surface area contributed by atoms with Crippen molar-refractivity contribution in [3.63, 3.8) is 0 Å². The van der Waals surface area contributed by atoms with Crippen molar-refractivity contribution in [2.75, 3.05) is 0 Å². The second kappa shape index (κ2) is 3.77. The lowest BCUT2D eigenvalue weighted by Gasteiger charge is -2.07. The highest BCUT2D eigenvalue weighted by molar-refractivity contribution is 7.85. The van der Waals surface area contributed by atoms with Crippen LogP contribution in [0.25, 0.3) is 0 Å². The Hall–Kier alpha value is -1.59. The van der Waals surface area contributed by atoms with Crippen LogP contribution in [0.4, 0.5) is 13.2 Å². The monoisotopic (exact) mass is 251 g/mol. The van der Waals surface area contributed by atoms with Crippen LogP contribution in [0.3, 0.4) is 0 Å². The van der Waals surface area contributed by atoms with E-state index < -0.39 is 32.3 Å². The zero-order chi connectivity index (χ0) is 12.6. The van der Waals surface area contributed by atoms with Gasteiger partial charge in [0.15, 0.2) is 0 Å². The molecule has 8 heteroatoms. The SMILES string of the molecule is N#Cc1cc(C(F)(F)F)ccc1S(=O)(=O)O. The molecule has 0 saturated carbocycles. The van der Waals surface area contributed by atoms with E-state index in [9.17, 15) is 21.6 Å². The van der Waals surface area contributed by atoms with Crippen molar-refractivity contribution in [2.24, 2.45) is 0 Å². The molecule has 16 heavy (non-hydrogen) atoms. The molecule has 1 rings (SSSR count). The molecule has 0 fully saturated rings. The lowest BCUT2D eigenvalue weighted by atomic mass is 10.1. The van der Waals surface area contributed by atoms with Crippen LogP contribution in [0.1, 0.15) is 11.1 Å². The molecule has 1 aromatic rings. The highest BCUT2D eigenvalue weighted by Gasteiger charge is 2.32. The molecule has 4 nitrogen and oxygen atoms in total. The molecule has 0 aliphatic carbocycles. The second-order valence-corrected chi connectivity index (χ2v) is 4.19. The zero-order valence-corrected chi connectivity index (χ0v) is 8.30. The predicted molar refractivity (Wildman–Crippen MR) is 46.0 cm³/mol. The molecular formula is C8H4F3NO3S. The smallest absolute Gasteiger partial charge is 0.282 e. The summed E-state index contributed by atoms with van der Waals surface area (Å²) in [6, 6.07) is 2.65. The van der Waals surface area contributed by atoms with E-state index in [-0.39, 0.29) is 0 Å². The summed E-state index contributed by atoms with van der Waals surface area (Å²) in [5.41, 5.74) is -1.91. The quantitative estimate of drug-likeness (QED) is 0.772. The van der Waals surface area contributed by atoms with Gasteiger partial charge < -0.3 is 0 Å². The first-order chi connectivity index (χ1) is 7.16. The van der Waals surface area contributed by atoms with Crippen LogP contribution in [-0.2, 0) is 16.3 Å². The molecule has 0 aromatic heterocycles. The Bertz CT molecular complexity index is 557. The Morgan fingerprint density at radius 1 is 1.31 bits per heavy atom. The first-order valence-electron chi connectivity index (χ1n) is 3.75. The van der Waals surface area contributed by atoms with Crippen molar-refractivity contribution in [2.45, 2.75) is 11.1 Å². The molecule has 0 aliphatic rings. The van der Waals surface area contributed by atoms with E-state index in [0.717, 1.165) is 0 Å². The maximum Gasteiger partial charge on any atom is 0.416 e. The molecule has 1 aromatic carbocycles. The molecule has 0 aliphatic heterocycles. The molecule has 0 spiro atoms. The van der Waals surface area contributed by atoms with Gasteiger partial charge in [-0.2, -0.15) is 26.9 Å². The number of halogens is 3. The van der Waals surface area contributed by atoms with Gasteiger partial charge in [-0.25, -0.2) is 0 Å². The van der Waals surface area contributed by atoms with Gasteiger partial charge in [-0.1, -0.05) is 0 Å². The van der Waals surface area contributed by atoms with Crippen molar-refractivity contribution >= 4 is 10.1 Å². The average molecular weight is 251 g/mol. The number of rotatable bonds is 1. The molecule has 0 amide bonds. The number of hydrogen-bond acceptors (Lipinski definition) is 3. The number of alkyl halides is 3. The average Bonchev–Trinajstić information content (AvgIpc) is 2.14. The molecule has 86 valence electrons. The van der Waals surface area contributed by atoms with Crippen LogP contribution < -0.4 is 0 Å². The van der Waals surface area contributed by atoms with Crippen LogP contribution in [-0.4, -0.2) is 13.0 Å². The van der Waals surface area contributed by atoms with Crippen molar-refractivity contribution in [1.82, 2.24) is 0 Å². The summed E-state index contributed by atoms with van der Waals surface area (Å²) < 4.78 is 66.7. The number of nitrogens with zero attached hydrogens (tertiary/aromatic N) is 1. The maximum absolute atomic E-state index is 12.2. The van der Waals surface area contributed by atoms with Crippen molar-refractivity contribution < 1.29 is 26.1 Å². The fourth-order valence-electron chi connectivity index (χ4n) is 1.02. The summed E-state index contributed by atoms with van der Waals surface area (Å²) >= 11 is 0. The van der Waals surface area contributed by atoms with Crippen molar-refractivity contribution in [3.8, 4) is 6.07 Å². The minimum absolute atomic E-state index is 0.364. The Labute approximate surface area is 88.7 Å². The molecule has 0 radical (unpaired) electrons. The molecular weight excluding hydrogens is 247 g/mol. The van der Waals surface area contributed by atoms with Crippen molar-refractivity contribution in [1.29, 1.82) is 5.26 Å².